The Bertz CT molecular complexity index is 1150. The lowest BCUT2D eigenvalue weighted by Gasteiger charge is -2.33. The second kappa shape index (κ2) is 9.18. The summed E-state index contributed by atoms with van der Waals surface area (Å²) >= 11 is 1.43. The van der Waals surface area contributed by atoms with E-state index in [-0.39, 0.29) is 12.2 Å². The van der Waals surface area contributed by atoms with Gasteiger partial charge in [-0.1, -0.05) is 54.7 Å². The molecule has 1 aromatic carbocycles. The molecule has 158 valence electrons. The van der Waals surface area contributed by atoms with E-state index in [0.717, 1.165) is 11.1 Å². The topological polar surface area (TPSA) is 97.0 Å². The quantitative estimate of drug-likeness (QED) is 0.347. The fourth-order valence-electron chi connectivity index (χ4n) is 3.67. The third kappa shape index (κ3) is 4.39. The van der Waals surface area contributed by atoms with Crippen LogP contribution in [-0.2, 0) is 15.3 Å². The molecule has 1 aliphatic rings. The first-order chi connectivity index (χ1) is 15.1. The molecule has 0 saturated carbocycles. The Morgan fingerprint density at radius 2 is 2.03 bits per heavy atom. The Morgan fingerprint density at radius 1 is 1.23 bits per heavy atom. The van der Waals surface area contributed by atoms with Gasteiger partial charge < -0.3 is 15.0 Å². The van der Waals surface area contributed by atoms with Crippen LogP contribution in [0.5, 0.6) is 0 Å². The number of esters is 1. The van der Waals surface area contributed by atoms with Crippen LogP contribution in [-0.4, -0.2) is 27.5 Å². The predicted octanol–water partition coefficient (Wildman–Crippen LogP) is 3.71. The number of benzene rings is 1. The van der Waals surface area contributed by atoms with Gasteiger partial charge in [0, 0.05) is 29.8 Å². The number of hydrogen-bond acceptors (Lipinski definition) is 7. The molecule has 8 heteroatoms. The number of nitrogens with zero attached hydrogens (tertiary/aromatic N) is 2. The molecule has 0 bridgehead atoms. The first kappa shape index (κ1) is 20.9. The van der Waals surface area contributed by atoms with E-state index in [1.165, 1.54) is 11.8 Å². The maximum Gasteiger partial charge on any atom is 0.315 e. The average Bonchev–Trinajstić information content (AvgIpc) is 2.78. The number of H-pyrrole nitrogens is 1. The van der Waals surface area contributed by atoms with Crippen LogP contribution < -0.4 is 10.9 Å². The number of fused-ring (bicyclic) bond motifs is 1. The van der Waals surface area contributed by atoms with Gasteiger partial charge in [0.15, 0.2) is 5.16 Å². The van der Waals surface area contributed by atoms with Crippen LogP contribution in [0.25, 0.3) is 0 Å². The van der Waals surface area contributed by atoms with E-state index in [1.807, 2.05) is 36.4 Å². The number of rotatable bonds is 6. The van der Waals surface area contributed by atoms with Gasteiger partial charge in [-0.05, 0) is 24.1 Å². The van der Waals surface area contributed by atoms with Gasteiger partial charge in [0.1, 0.15) is 11.7 Å². The van der Waals surface area contributed by atoms with E-state index < -0.39 is 17.8 Å². The third-order valence-corrected chi connectivity index (χ3v) is 5.98. The second-order valence-corrected chi connectivity index (χ2v) is 8.02. The molecule has 0 radical (unpaired) electrons. The van der Waals surface area contributed by atoms with Crippen LogP contribution in [0.1, 0.15) is 29.5 Å². The molecule has 31 heavy (non-hydrogen) atoms. The van der Waals surface area contributed by atoms with E-state index >= 15 is 0 Å². The first-order valence-corrected chi connectivity index (χ1v) is 10.9. The average molecular weight is 435 g/mol. The van der Waals surface area contributed by atoms with Crippen molar-refractivity contribution >= 4 is 23.5 Å². The highest BCUT2D eigenvalue weighted by molar-refractivity contribution is 7.98. The fourth-order valence-corrected chi connectivity index (χ4v) is 4.48. The van der Waals surface area contributed by atoms with Crippen molar-refractivity contribution in [1.29, 1.82) is 0 Å². The highest BCUT2D eigenvalue weighted by Crippen LogP contribution is 2.42. The highest BCUT2D eigenvalue weighted by Gasteiger charge is 2.42. The Kier molecular flexibility index (Phi) is 6.18. The van der Waals surface area contributed by atoms with Crippen molar-refractivity contribution in [2.75, 3.05) is 11.9 Å². The molecule has 7 nitrogen and oxygen atoms in total. The van der Waals surface area contributed by atoms with Crippen molar-refractivity contribution in [2.24, 2.45) is 5.92 Å². The van der Waals surface area contributed by atoms with E-state index in [1.54, 1.807) is 25.4 Å². The van der Waals surface area contributed by atoms with E-state index in [9.17, 15) is 9.59 Å². The minimum absolute atomic E-state index is 0.235. The van der Waals surface area contributed by atoms with Gasteiger partial charge in [0.05, 0.1) is 12.2 Å². The van der Waals surface area contributed by atoms with E-state index in [0.29, 0.717) is 28.0 Å². The lowest BCUT2D eigenvalue weighted by Crippen LogP contribution is -2.38. The zero-order valence-corrected chi connectivity index (χ0v) is 17.8. The molecule has 4 rings (SSSR count). The number of pyridine rings is 1. The van der Waals surface area contributed by atoms with Gasteiger partial charge in [-0.25, -0.2) is 4.98 Å². The van der Waals surface area contributed by atoms with Crippen LogP contribution in [0.4, 0.5) is 5.82 Å². The standard InChI is InChI=1S/C23H22N4O3S/c1-3-30-22(29)17-14(2)25-20-19(18(17)16-10-7-11-24-12-16)21(28)27-23(26-20)31-13-15-8-5-4-6-9-15/h4-12,17-18H,2-3,13H2,1H3,(H2,25,26,27,28)/t17-,18-/m0/s1. The summed E-state index contributed by atoms with van der Waals surface area (Å²) in [6, 6.07) is 13.5. The molecule has 0 spiro atoms. The molecule has 2 aromatic heterocycles. The van der Waals surface area contributed by atoms with Crippen molar-refractivity contribution in [2.45, 2.75) is 23.8 Å². The van der Waals surface area contributed by atoms with Gasteiger partial charge in [-0.15, -0.1) is 0 Å². The first-order valence-electron chi connectivity index (χ1n) is 9.91. The van der Waals surface area contributed by atoms with Crippen molar-refractivity contribution in [3.8, 4) is 0 Å². The van der Waals surface area contributed by atoms with Gasteiger partial charge in [0.2, 0.25) is 0 Å². The summed E-state index contributed by atoms with van der Waals surface area (Å²) in [6.07, 6.45) is 3.29. The Morgan fingerprint density at radius 3 is 2.74 bits per heavy atom. The number of nitrogens with one attached hydrogen (secondary N) is 2. The molecule has 3 aromatic rings. The molecule has 2 N–H and O–H groups in total. The molecule has 0 aliphatic carbocycles. The third-order valence-electron chi connectivity index (χ3n) is 5.03. The minimum atomic E-state index is -0.762. The summed E-state index contributed by atoms with van der Waals surface area (Å²) in [6.45, 7) is 6.01. The van der Waals surface area contributed by atoms with E-state index in [4.69, 9.17) is 4.74 Å². The fraction of sp³-hybridized carbons (Fsp3) is 0.217. The summed E-state index contributed by atoms with van der Waals surface area (Å²) in [7, 11) is 0. The number of anilines is 1. The predicted molar refractivity (Wildman–Crippen MR) is 120 cm³/mol. The summed E-state index contributed by atoms with van der Waals surface area (Å²) in [5.41, 5.74) is 2.37. The van der Waals surface area contributed by atoms with Crippen molar-refractivity contribution in [3.63, 3.8) is 0 Å². The smallest absolute Gasteiger partial charge is 0.315 e. The Balaban J connectivity index is 1.74. The minimum Gasteiger partial charge on any atom is -0.465 e. The largest absolute Gasteiger partial charge is 0.465 e. The zero-order valence-electron chi connectivity index (χ0n) is 17.0. The molecule has 0 fully saturated rings. The number of carbonyl (C=O) groups excluding carboxylic acids is 1. The van der Waals surface area contributed by atoms with Gasteiger partial charge >= 0.3 is 5.97 Å². The van der Waals surface area contributed by atoms with Crippen molar-refractivity contribution in [3.05, 3.63) is 94.2 Å². The summed E-state index contributed by atoms with van der Waals surface area (Å²) in [5.74, 6) is -0.732. The number of ether oxygens (including phenoxy) is 1. The van der Waals surface area contributed by atoms with Crippen LogP contribution in [0.2, 0.25) is 0 Å². The summed E-state index contributed by atoms with van der Waals surface area (Å²) in [5, 5.41) is 3.56. The SMILES string of the molecule is C=C1Nc2nc(SCc3ccccc3)[nH]c(=O)c2[C@@H](c2cccnc2)[C@H]1C(=O)OCC. The summed E-state index contributed by atoms with van der Waals surface area (Å²) in [4.78, 5) is 37.6. The Hall–Kier alpha value is -3.39. The molecule has 3 heterocycles. The molecular weight excluding hydrogens is 412 g/mol. The molecule has 0 saturated heterocycles. The number of aromatic amines is 1. The maximum absolute atomic E-state index is 13.2. The number of hydrogen-bond donors (Lipinski definition) is 2. The molecule has 1 aliphatic heterocycles. The number of aromatic nitrogens is 3. The van der Waals surface area contributed by atoms with Crippen molar-refractivity contribution in [1.82, 2.24) is 15.0 Å². The monoisotopic (exact) mass is 434 g/mol. The van der Waals surface area contributed by atoms with Crippen molar-refractivity contribution < 1.29 is 9.53 Å². The maximum atomic E-state index is 13.2. The van der Waals surface area contributed by atoms with Gasteiger partial charge in [0.25, 0.3) is 5.56 Å². The molecule has 2 atom stereocenters. The molecule has 0 unspecified atom stereocenters. The highest BCUT2D eigenvalue weighted by atomic mass is 32.2. The van der Waals surface area contributed by atoms with Crippen LogP contribution >= 0.6 is 11.8 Å². The lowest BCUT2D eigenvalue weighted by atomic mass is 9.78. The second-order valence-electron chi connectivity index (χ2n) is 7.05. The van der Waals surface area contributed by atoms with Gasteiger partial charge in [-0.2, -0.15) is 0 Å². The molecule has 0 amide bonds. The van der Waals surface area contributed by atoms with Crippen LogP contribution in [0.15, 0.2) is 77.1 Å². The normalized spacial score (nSPS) is 17.5. The Labute approximate surface area is 184 Å². The zero-order chi connectivity index (χ0) is 21.8. The van der Waals surface area contributed by atoms with E-state index in [2.05, 4.69) is 26.8 Å². The van der Waals surface area contributed by atoms with Crippen LogP contribution in [0.3, 0.4) is 0 Å². The lowest BCUT2D eigenvalue weighted by molar-refractivity contribution is -0.147. The number of thioether (sulfide) groups is 1. The number of carbonyl (C=O) groups is 1. The van der Waals surface area contributed by atoms with Gasteiger partial charge in [-0.3, -0.25) is 14.6 Å². The van der Waals surface area contributed by atoms with Crippen LogP contribution in [0, 0.1) is 5.92 Å². The summed E-state index contributed by atoms with van der Waals surface area (Å²) < 4.78 is 5.27. The molecular formula is C23H22N4O3S.